The topological polar surface area (TPSA) is 64.1 Å². The standard InChI is InChI=1S/C6H10ClN3O/c1-10-3-9-6(7)5(10)4(11)2-8/h3-4,11H,2,8H2,1H3. The summed E-state index contributed by atoms with van der Waals surface area (Å²) in [6.45, 7) is 0.152. The first-order valence-corrected chi connectivity index (χ1v) is 3.59. The van der Waals surface area contributed by atoms with Gasteiger partial charge in [-0.2, -0.15) is 0 Å². The van der Waals surface area contributed by atoms with Crippen molar-refractivity contribution >= 4 is 11.6 Å². The summed E-state index contributed by atoms with van der Waals surface area (Å²) in [6.07, 6.45) is 0.811. The Morgan fingerprint density at radius 3 is 2.91 bits per heavy atom. The van der Waals surface area contributed by atoms with E-state index < -0.39 is 6.10 Å². The molecule has 0 radical (unpaired) electrons. The van der Waals surface area contributed by atoms with Crippen LogP contribution in [0.4, 0.5) is 0 Å². The van der Waals surface area contributed by atoms with E-state index in [9.17, 15) is 5.11 Å². The molecule has 11 heavy (non-hydrogen) atoms. The van der Waals surface area contributed by atoms with Gasteiger partial charge in [-0.25, -0.2) is 4.98 Å². The van der Waals surface area contributed by atoms with E-state index in [0.29, 0.717) is 10.8 Å². The van der Waals surface area contributed by atoms with Gasteiger partial charge >= 0.3 is 0 Å². The summed E-state index contributed by atoms with van der Waals surface area (Å²) in [6, 6.07) is 0. The molecular formula is C6H10ClN3O. The maximum Gasteiger partial charge on any atom is 0.152 e. The average molecular weight is 176 g/mol. The maximum absolute atomic E-state index is 9.31. The fraction of sp³-hybridized carbons (Fsp3) is 0.500. The van der Waals surface area contributed by atoms with Crippen molar-refractivity contribution in [3.05, 3.63) is 17.2 Å². The van der Waals surface area contributed by atoms with Gasteiger partial charge in [0, 0.05) is 13.6 Å². The minimum atomic E-state index is -0.727. The third-order valence-corrected chi connectivity index (χ3v) is 1.77. The van der Waals surface area contributed by atoms with Crippen LogP contribution in [0.1, 0.15) is 11.8 Å². The first-order valence-electron chi connectivity index (χ1n) is 3.21. The van der Waals surface area contributed by atoms with E-state index in [1.807, 2.05) is 0 Å². The second-order valence-corrected chi connectivity index (χ2v) is 2.64. The molecule has 0 aliphatic heterocycles. The van der Waals surface area contributed by atoms with Crippen molar-refractivity contribution < 1.29 is 5.11 Å². The van der Waals surface area contributed by atoms with Gasteiger partial charge in [0.25, 0.3) is 0 Å². The summed E-state index contributed by atoms with van der Waals surface area (Å²) in [7, 11) is 1.76. The zero-order chi connectivity index (χ0) is 8.43. The number of aliphatic hydroxyl groups excluding tert-OH is 1. The Bertz CT molecular complexity index is 228. The van der Waals surface area contributed by atoms with Crippen LogP contribution in [0.25, 0.3) is 0 Å². The molecule has 3 N–H and O–H groups in total. The number of imidazole rings is 1. The molecule has 0 spiro atoms. The number of halogens is 1. The summed E-state index contributed by atoms with van der Waals surface area (Å²) in [5.41, 5.74) is 5.82. The van der Waals surface area contributed by atoms with Crippen molar-refractivity contribution in [3.63, 3.8) is 0 Å². The van der Waals surface area contributed by atoms with Crippen molar-refractivity contribution in [1.82, 2.24) is 9.55 Å². The Morgan fingerprint density at radius 1 is 1.91 bits per heavy atom. The van der Waals surface area contributed by atoms with Crippen molar-refractivity contribution in [1.29, 1.82) is 0 Å². The molecule has 4 nitrogen and oxygen atoms in total. The van der Waals surface area contributed by atoms with Crippen LogP contribution in [-0.4, -0.2) is 21.2 Å². The van der Waals surface area contributed by atoms with Gasteiger partial charge in [-0.15, -0.1) is 0 Å². The van der Waals surface area contributed by atoms with E-state index in [-0.39, 0.29) is 6.54 Å². The first kappa shape index (κ1) is 8.52. The van der Waals surface area contributed by atoms with Crippen molar-refractivity contribution in [3.8, 4) is 0 Å². The van der Waals surface area contributed by atoms with Gasteiger partial charge in [0.15, 0.2) is 5.15 Å². The molecule has 5 heteroatoms. The number of hydrogen-bond donors (Lipinski definition) is 2. The number of aryl methyl sites for hydroxylation is 1. The Kier molecular flexibility index (Phi) is 2.49. The van der Waals surface area contributed by atoms with Crippen LogP contribution in [0.15, 0.2) is 6.33 Å². The summed E-state index contributed by atoms with van der Waals surface area (Å²) in [4.78, 5) is 3.80. The van der Waals surface area contributed by atoms with Crippen molar-refractivity contribution in [2.24, 2.45) is 12.8 Å². The van der Waals surface area contributed by atoms with Crippen LogP contribution in [-0.2, 0) is 7.05 Å². The number of rotatable bonds is 2. The fourth-order valence-electron chi connectivity index (χ4n) is 0.895. The monoisotopic (exact) mass is 175 g/mol. The third-order valence-electron chi connectivity index (χ3n) is 1.47. The highest BCUT2D eigenvalue weighted by molar-refractivity contribution is 6.30. The normalized spacial score (nSPS) is 13.5. The largest absolute Gasteiger partial charge is 0.385 e. The second kappa shape index (κ2) is 3.21. The van der Waals surface area contributed by atoms with Gasteiger partial charge in [-0.1, -0.05) is 11.6 Å². The lowest BCUT2D eigenvalue weighted by molar-refractivity contribution is 0.178. The smallest absolute Gasteiger partial charge is 0.152 e. The minimum absolute atomic E-state index is 0.152. The van der Waals surface area contributed by atoms with E-state index in [0.717, 1.165) is 0 Å². The molecule has 0 aromatic carbocycles. The Hall–Kier alpha value is -0.580. The molecule has 1 heterocycles. The molecule has 0 amide bonds. The van der Waals surface area contributed by atoms with Gasteiger partial charge < -0.3 is 15.4 Å². The van der Waals surface area contributed by atoms with Crippen LogP contribution >= 0.6 is 11.6 Å². The van der Waals surface area contributed by atoms with Crippen LogP contribution in [0.5, 0.6) is 0 Å². The molecule has 0 saturated heterocycles. The van der Waals surface area contributed by atoms with Crippen molar-refractivity contribution in [2.45, 2.75) is 6.10 Å². The van der Waals surface area contributed by atoms with Crippen LogP contribution in [0.2, 0.25) is 5.15 Å². The van der Waals surface area contributed by atoms with E-state index in [1.165, 1.54) is 6.33 Å². The lowest BCUT2D eigenvalue weighted by atomic mass is 10.3. The van der Waals surface area contributed by atoms with Gasteiger partial charge in [0.1, 0.15) is 6.10 Å². The fourth-order valence-corrected chi connectivity index (χ4v) is 1.20. The van der Waals surface area contributed by atoms with Crippen LogP contribution in [0.3, 0.4) is 0 Å². The molecule has 0 saturated carbocycles. The predicted molar refractivity (Wildman–Crippen MR) is 42.2 cm³/mol. The third kappa shape index (κ3) is 1.53. The summed E-state index contributed by atoms with van der Waals surface area (Å²) >= 11 is 5.67. The molecule has 0 fully saturated rings. The molecule has 1 aromatic heterocycles. The molecule has 0 aliphatic rings. The molecule has 1 aromatic rings. The predicted octanol–water partition coefficient (Wildman–Crippen LogP) is 0.0656. The van der Waals surface area contributed by atoms with E-state index >= 15 is 0 Å². The zero-order valence-electron chi connectivity index (χ0n) is 6.16. The molecule has 1 unspecified atom stereocenters. The summed E-state index contributed by atoms with van der Waals surface area (Å²) in [5, 5.41) is 9.62. The zero-order valence-corrected chi connectivity index (χ0v) is 6.91. The first-order chi connectivity index (χ1) is 5.16. The van der Waals surface area contributed by atoms with Crippen LogP contribution in [0, 0.1) is 0 Å². The average Bonchev–Trinajstić information content (AvgIpc) is 2.30. The molecular weight excluding hydrogens is 166 g/mol. The highest BCUT2D eigenvalue weighted by Crippen LogP contribution is 2.19. The molecule has 0 aliphatic carbocycles. The van der Waals surface area contributed by atoms with Crippen molar-refractivity contribution in [2.75, 3.05) is 6.54 Å². The number of nitrogens with two attached hydrogens (primary N) is 1. The highest BCUT2D eigenvalue weighted by atomic mass is 35.5. The Morgan fingerprint density at radius 2 is 2.55 bits per heavy atom. The molecule has 1 rings (SSSR count). The summed E-state index contributed by atoms with van der Waals surface area (Å²) < 4.78 is 1.65. The van der Waals surface area contributed by atoms with Gasteiger partial charge in [-0.3, -0.25) is 0 Å². The Labute approximate surface area is 69.6 Å². The number of aromatic nitrogens is 2. The van der Waals surface area contributed by atoms with Gasteiger partial charge in [0.2, 0.25) is 0 Å². The highest BCUT2D eigenvalue weighted by Gasteiger charge is 2.14. The van der Waals surface area contributed by atoms with Gasteiger partial charge in [-0.05, 0) is 0 Å². The lowest BCUT2D eigenvalue weighted by Crippen LogP contribution is -2.14. The number of hydrogen-bond acceptors (Lipinski definition) is 3. The molecule has 1 atom stereocenters. The SMILES string of the molecule is Cn1cnc(Cl)c1C(O)CN. The van der Waals surface area contributed by atoms with Gasteiger partial charge in [0.05, 0.1) is 12.0 Å². The Balaban J connectivity index is 3.00. The quantitative estimate of drug-likeness (QED) is 0.669. The van der Waals surface area contributed by atoms with E-state index in [4.69, 9.17) is 17.3 Å². The van der Waals surface area contributed by atoms with Crippen LogP contribution < -0.4 is 5.73 Å². The summed E-state index contributed by atoms with van der Waals surface area (Å²) in [5.74, 6) is 0. The molecule has 0 bridgehead atoms. The number of aliphatic hydroxyl groups is 1. The maximum atomic E-state index is 9.31. The second-order valence-electron chi connectivity index (χ2n) is 2.28. The lowest BCUT2D eigenvalue weighted by Gasteiger charge is -2.07. The number of nitrogens with zero attached hydrogens (tertiary/aromatic N) is 2. The minimum Gasteiger partial charge on any atom is -0.385 e. The van der Waals surface area contributed by atoms with E-state index in [1.54, 1.807) is 11.6 Å². The molecule has 62 valence electrons. The van der Waals surface area contributed by atoms with E-state index in [2.05, 4.69) is 4.98 Å².